The molecule has 0 saturated heterocycles. The summed E-state index contributed by atoms with van der Waals surface area (Å²) in [4.78, 5) is 30.8. The van der Waals surface area contributed by atoms with Gasteiger partial charge in [-0.1, -0.05) is 48.5 Å². The van der Waals surface area contributed by atoms with Gasteiger partial charge in [0.25, 0.3) is 5.56 Å². The van der Waals surface area contributed by atoms with Crippen molar-refractivity contribution in [1.82, 2.24) is 14.1 Å². The van der Waals surface area contributed by atoms with Crippen LogP contribution in [0.1, 0.15) is 11.1 Å². The summed E-state index contributed by atoms with van der Waals surface area (Å²) in [6.07, 6.45) is 3.37. The van der Waals surface area contributed by atoms with E-state index in [2.05, 4.69) is 10.3 Å². The highest BCUT2D eigenvalue weighted by Crippen LogP contribution is 2.28. The molecule has 0 fully saturated rings. The maximum Gasteiger partial charge on any atom is 0.277 e. The van der Waals surface area contributed by atoms with Crippen LogP contribution in [-0.2, 0) is 22.6 Å². The summed E-state index contributed by atoms with van der Waals surface area (Å²) in [6, 6.07) is 15.6. The predicted molar refractivity (Wildman–Crippen MR) is 126 cm³/mol. The number of aryl methyl sites for hydroxylation is 2. The highest BCUT2D eigenvalue weighted by Gasteiger charge is 2.18. The zero-order valence-electron chi connectivity index (χ0n) is 18.5. The van der Waals surface area contributed by atoms with Crippen LogP contribution in [0.4, 0.5) is 5.69 Å². The molecule has 0 atom stereocenters. The van der Waals surface area contributed by atoms with E-state index in [1.807, 2.05) is 68.6 Å². The second-order valence-corrected chi connectivity index (χ2v) is 7.78. The van der Waals surface area contributed by atoms with Crippen molar-refractivity contribution in [2.45, 2.75) is 26.9 Å². The van der Waals surface area contributed by atoms with Crippen LogP contribution >= 0.6 is 0 Å². The lowest BCUT2D eigenvalue weighted by Gasteiger charge is -2.12. The number of rotatable bonds is 7. The summed E-state index contributed by atoms with van der Waals surface area (Å²) in [5.41, 5.74) is 5.31. The largest absolute Gasteiger partial charge is 0.383 e. The van der Waals surface area contributed by atoms with E-state index in [0.29, 0.717) is 24.2 Å². The number of carbonyl (C=O) groups is 1. The summed E-state index contributed by atoms with van der Waals surface area (Å²) in [6.45, 7) is 4.70. The van der Waals surface area contributed by atoms with Crippen molar-refractivity contribution < 1.29 is 9.53 Å². The Labute approximate surface area is 186 Å². The number of ether oxygens (including phenoxy) is 1. The van der Waals surface area contributed by atoms with Crippen molar-refractivity contribution in [2.75, 3.05) is 19.0 Å². The quantitative estimate of drug-likeness (QED) is 0.484. The smallest absolute Gasteiger partial charge is 0.277 e. The van der Waals surface area contributed by atoms with Crippen molar-refractivity contribution >= 4 is 22.6 Å². The van der Waals surface area contributed by atoms with E-state index < -0.39 is 0 Å². The molecule has 0 aliphatic carbocycles. The molecule has 1 N–H and O–H groups in total. The van der Waals surface area contributed by atoms with Crippen molar-refractivity contribution in [3.63, 3.8) is 0 Å². The number of benzene rings is 2. The molecule has 4 rings (SSSR count). The number of methoxy groups -OCH3 is 1. The third-order valence-electron chi connectivity index (χ3n) is 5.52. The average molecular weight is 431 g/mol. The second kappa shape index (κ2) is 9.20. The Kier molecular flexibility index (Phi) is 6.18. The van der Waals surface area contributed by atoms with E-state index in [-0.39, 0.29) is 18.0 Å². The third-order valence-corrected chi connectivity index (χ3v) is 5.52. The van der Waals surface area contributed by atoms with Gasteiger partial charge in [0.1, 0.15) is 17.6 Å². The lowest BCUT2D eigenvalue weighted by atomic mass is 10.1. The van der Waals surface area contributed by atoms with Crippen LogP contribution < -0.4 is 10.9 Å². The maximum absolute atomic E-state index is 13.3. The minimum Gasteiger partial charge on any atom is -0.383 e. The molecular formula is C25H26N4O3. The Bertz CT molecular complexity index is 1300. The van der Waals surface area contributed by atoms with Gasteiger partial charge in [-0.25, -0.2) is 4.98 Å². The fourth-order valence-corrected chi connectivity index (χ4v) is 3.86. The lowest BCUT2D eigenvalue weighted by Crippen LogP contribution is -2.26. The zero-order chi connectivity index (χ0) is 22.7. The number of nitrogens with zero attached hydrogens (tertiary/aromatic N) is 3. The topological polar surface area (TPSA) is 78.2 Å². The number of anilines is 1. The summed E-state index contributed by atoms with van der Waals surface area (Å²) in [5, 5.41) is 3.00. The van der Waals surface area contributed by atoms with Gasteiger partial charge in [0.15, 0.2) is 0 Å². The van der Waals surface area contributed by atoms with Gasteiger partial charge in [-0.3, -0.25) is 14.2 Å². The average Bonchev–Trinajstić information content (AvgIpc) is 3.15. The molecule has 2 heterocycles. The first-order valence-corrected chi connectivity index (χ1v) is 10.5. The number of carbonyl (C=O) groups excluding carboxylic acids is 1. The van der Waals surface area contributed by atoms with Crippen LogP contribution in [0.2, 0.25) is 0 Å². The van der Waals surface area contributed by atoms with Crippen LogP contribution in [0.3, 0.4) is 0 Å². The highest BCUT2D eigenvalue weighted by molar-refractivity contribution is 5.96. The standard InChI is InChI=1S/C25H26N4O3/c1-17-8-7-9-18(2)22(17)27-21(30)15-29-14-20(19-10-5-4-6-11-19)23-24(29)25(31)28(16-26-23)12-13-32-3/h4-11,14,16H,12-13,15H2,1-3H3,(H,27,30). The molecule has 0 bridgehead atoms. The van der Waals surface area contributed by atoms with Gasteiger partial charge < -0.3 is 14.6 Å². The molecule has 0 aliphatic heterocycles. The Morgan fingerprint density at radius 1 is 1.03 bits per heavy atom. The maximum atomic E-state index is 13.3. The van der Waals surface area contributed by atoms with Crippen molar-refractivity contribution in [3.05, 3.63) is 82.5 Å². The Morgan fingerprint density at radius 2 is 1.75 bits per heavy atom. The molecule has 0 aliphatic rings. The van der Waals surface area contributed by atoms with Crippen LogP contribution in [0.15, 0.2) is 65.8 Å². The van der Waals surface area contributed by atoms with E-state index in [1.54, 1.807) is 11.7 Å². The first-order chi connectivity index (χ1) is 15.5. The van der Waals surface area contributed by atoms with E-state index in [4.69, 9.17) is 4.74 Å². The molecule has 1 amide bonds. The summed E-state index contributed by atoms with van der Waals surface area (Å²) < 4.78 is 8.32. The normalized spacial score (nSPS) is 11.1. The monoisotopic (exact) mass is 430 g/mol. The molecule has 2 aromatic carbocycles. The van der Waals surface area contributed by atoms with Gasteiger partial charge in [0.05, 0.1) is 19.5 Å². The van der Waals surface area contributed by atoms with Gasteiger partial charge in [-0.2, -0.15) is 0 Å². The fraction of sp³-hybridized carbons (Fsp3) is 0.240. The minimum absolute atomic E-state index is 0.00230. The van der Waals surface area contributed by atoms with Gasteiger partial charge in [0, 0.05) is 24.6 Å². The molecule has 2 aromatic heterocycles. The fourth-order valence-electron chi connectivity index (χ4n) is 3.86. The van der Waals surface area contributed by atoms with Gasteiger partial charge in [-0.15, -0.1) is 0 Å². The second-order valence-electron chi connectivity index (χ2n) is 7.78. The van der Waals surface area contributed by atoms with Crippen LogP contribution in [0.5, 0.6) is 0 Å². The number of aromatic nitrogens is 3. The molecule has 0 spiro atoms. The van der Waals surface area contributed by atoms with Gasteiger partial charge >= 0.3 is 0 Å². The predicted octanol–water partition coefficient (Wildman–Crippen LogP) is 3.77. The molecule has 32 heavy (non-hydrogen) atoms. The molecule has 0 unspecified atom stereocenters. The Hall–Kier alpha value is -3.71. The van der Waals surface area contributed by atoms with Gasteiger partial charge in [-0.05, 0) is 30.5 Å². The number of para-hydroxylation sites is 1. The molecule has 164 valence electrons. The molecule has 7 heteroatoms. The first-order valence-electron chi connectivity index (χ1n) is 10.5. The SMILES string of the molecule is COCCn1cnc2c(-c3ccccc3)cn(CC(=O)Nc3c(C)cccc3C)c2c1=O. The van der Waals surface area contributed by atoms with Crippen LogP contribution in [0, 0.1) is 13.8 Å². The van der Waals surface area contributed by atoms with E-state index in [9.17, 15) is 9.59 Å². The summed E-state index contributed by atoms with van der Waals surface area (Å²) >= 11 is 0. The zero-order valence-corrected chi connectivity index (χ0v) is 18.5. The molecular weight excluding hydrogens is 404 g/mol. The van der Waals surface area contributed by atoms with Crippen LogP contribution in [-0.4, -0.2) is 33.7 Å². The number of nitrogens with one attached hydrogen (secondary N) is 1. The van der Waals surface area contributed by atoms with E-state index >= 15 is 0 Å². The Balaban J connectivity index is 1.77. The van der Waals surface area contributed by atoms with E-state index in [1.165, 1.54) is 10.9 Å². The minimum atomic E-state index is -0.203. The van der Waals surface area contributed by atoms with E-state index in [0.717, 1.165) is 27.9 Å². The van der Waals surface area contributed by atoms with Crippen molar-refractivity contribution in [3.8, 4) is 11.1 Å². The summed E-state index contributed by atoms with van der Waals surface area (Å²) in [7, 11) is 1.59. The molecule has 0 saturated carbocycles. The molecule has 7 nitrogen and oxygen atoms in total. The number of amides is 1. The van der Waals surface area contributed by atoms with Crippen molar-refractivity contribution in [2.24, 2.45) is 0 Å². The number of fused-ring (bicyclic) bond motifs is 1. The highest BCUT2D eigenvalue weighted by atomic mass is 16.5. The summed E-state index contributed by atoms with van der Waals surface area (Å²) in [5.74, 6) is -0.203. The molecule has 0 radical (unpaired) electrons. The lowest BCUT2D eigenvalue weighted by molar-refractivity contribution is -0.116. The molecule has 4 aromatic rings. The number of hydrogen-bond acceptors (Lipinski definition) is 4. The third kappa shape index (κ3) is 4.20. The Morgan fingerprint density at radius 3 is 2.44 bits per heavy atom. The van der Waals surface area contributed by atoms with Crippen molar-refractivity contribution in [1.29, 1.82) is 0 Å². The first kappa shape index (κ1) is 21.5. The number of hydrogen-bond donors (Lipinski definition) is 1. The van der Waals surface area contributed by atoms with Gasteiger partial charge in [0.2, 0.25) is 5.91 Å². The van der Waals surface area contributed by atoms with Crippen LogP contribution in [0.25, 0.3) is 22.2 Å².